The zero-order valence-electron chi connectivity index (χ0n) is 42.8. The quantitative estimate of drug-likeness (QED) is 0.0675. The smallest absolute Gasteiger partial charge is 0.327 e. The Morgan fingerprint density at radius 2 is 1.69 bits per heavy atom. The summed E-state index contributed by atoms with van der Waals surface area (Å²) in [5.41, 5.74) is 5.85. The van der Waals surface area contributed by atoms with Crippen molar-refractivity contribution in [2.45, 2.75) is 131 Å². The Morgan fingerprint density at radius 3 is 2.34 bits per heavy atom. The van der Waals surface area contributed by atoms with Crippen LogP contribution >= 0.6 is 0 Å². The molecule has 0 saturated carbocycles. The van der Waals surface area contributed by atoms with Crippen molar-refractivity contribution in [2.75, 3.05) is 38.6 Å². The molecule has 19 nitrogen and oxygen atoms in total. The van der Waals surface area contributed by atoms with Gasteiger partial charge in [-0.3, -0.25) is 29.2 Å². The van der Waals surface area contributed by atoms with Gasteiger partial charge in [-0.2, -0.15) is 0 Å². The van der Waals surface area contributed by atoms with Gasteiger partial charge in [0.15, 0.2) is 11.4 Å². The molecule has 71 heavy (non-hydrogen) atoms. The number of aliphatic carboxylic acids is 1. The molecule has 5 aliphatic heterocycles. The highest BCUT2D eigenvalue weighted by molar-refractivity contribution is 6.19. The number of hydrazine groups is 1. The minimum Gasteiger partial charge on any atom is -0.507 e. The first-order valence-electron chi connectivity index (χ1n) is 24.5. The van der Waals surface area contributed by atoms with Crippen LogP contribution in [0.4, 0.5) is 5.69 Å². The number of nitrogens with one attached hydrogen (secondary N) is 1. The number of ketones is 1. The number of aliphatic hydroxyl groups is 2. The molecule has 3 unspecified atom stereocenters. The SMILES string of the molecule is C/C1=C/C=C/[C@H](C)C[C@@H](C)C(O)[C@@H](C)C(OC(=O)CN(N)/C=C(\N)CCCC(=O)O)[C@H](C)C/C=C/OC2(C)Oc3c(C)c(O)c4c(O)c(c5c(c4c3C2=O)=NC2(CCN(CC(C)C)CC2)N=5)NC1=O.CO. The average Bonchev–Trinajstić information content (AvgIpc) is 3.80. The fourth-order valence-corrected chi connectivity index (χ4v) is 9.91. The van der Waals surface area contributed by atoms with E-state index in [1.165, 1.54) is 19.4 Å². The molecule has 1 fully saturated rings. The summed E-state index contributed by atoms with van der Waals surface area (Å²) in [6.07, 6.45) is 10.3. The van der Waals surface area contributed by atoms with Gasteiger partial charge in [-0.05, 0) is 69.3 Å². The zero-order chi connectivity index (χ0) is 52.7. The number of anilines is 1. The summed E-state index contributed by atoms with van der Waals surface area (Å²) >= 11 is 0. The van der Waals surface area contributed by atoms with Gasteiger partial charge in [0.05, 0.1) is 28.7 Å². The van der Waals surface area contributed by atoms with E-state index in [1.54, 1.807) is 32.1 Å². The molecule has 0 aliphatic carbocycles. The van der Waals surface area contributed by atoms with Crippen molar-refractivity contribution in [2.24, 2.45) is 51.2 Å². The molecule has 5 bridgehead atoms. The number of esters is 1. The van der Waals surface area contributed by atoms with E-state index in [0.29, 0.717) is 56.0 Å². The predicted octanol–water partition coefficient (Wildman–Crippen LogP) is 4.97. The number of phenols is 2. The van der Waals surface area contributed by atoms with Gasteiger partial charge >= 0.3 is 17.7 Å². The summed E-state index contributed by atoms with van der Waals surface area (Å²) in [6.45, 7) is 18.5. The zero-order valence-corrected chi connectivity index (χ0v) is 42.8. The number of aliphatic hydroxyl groups excluding tert-OH is 2. The number of benzene rings is 2. The molecule has 1 amide bonds. The maximum Gasteiger partial charge on any atom is 0.327 e. The third kappa shape index (κ3) is 12.7. The largest absolute Gasteiger partial charge is 0.507 e. The topological polar surface area (TPSA) is 292 Å². The first-order valence-corrected chi connectivity index (χ1v) is 24.5. The summed E-state index contributed by atoms with van der Waals surface area (Å²) < 4.78 is 18.5. The Kier molecular flexibility index (Phi) is 18.5. The van der Waals surface area contributed by atoms with Gasteiger partial charge in [0, 0.05) is 87.3 Å². The molecule has 5 aliphatic rings. The lowest BCUT2D eigenvalue weighted by Crippen LogP contribution is -2.43. The molecule has 0 radical (unpaired) electrons. The van der Waals surface area contributed by atoms with Crippen molar-refractivity contribution in [3.05, 3.63) is 69.9 Å². The molecule has 1 saturated heterocycles. The van der Waals surface area contributed by atoms with E-state index in [4.69, 9.17) is 46.0 Å². The number of hydrogen-bond acceptors (Lipinski definition) is 17. The molecule has 2 aromatic rings. The molecule has 0 aromatic heterocycles. The number of carboxylic acid groups (broad SMARTS) is 1. The molecular weight excluding hydrogens is 915 g/mol. The molecule has 10 N–H and O–H groups in total. The highest BCUT2D eigenvalue weighted by atomic mass is 16.7. The van der Waals surface area contributed by atoms with E-state index in [0.717, 1.165) is 18.7 Å². The van der Waals surface area contributed by atoms with Crippen molar-refractivity contribution in [1.29, 1.82) is 0 Å². The molecular formula is C52H75N7O12. The second-order valence-electron chi connectivity index (χ2n) is 20.1. The van der Waals surface area contributed by atoms with Crippen LogP contribution in [0.3, 0.4) is 0 Å². The highest BCUT2D eigenvalue weighted by Gasteiger charge is 2.50. The third-order valence-corrected chi connectivity index (χ3v) is 13.7. The number of likely N-dealkylation sites (tertiary alicyclic amines) is 1. The average molecular weight is 990 g/mol. The fourth-order valence-electron chi connectivity index (χ4n) is 9.91. The van der Waals surface area contributed by atoms with E-state index < -0.39 is 64.9 Å². The maximum absolute atomic E-state index is 14.8. The van der Waals surface area contributed by atoms with E-state index >= 15 is 0 Å². The number of carboxylic acids is 1. The molecule has 5 heterocycles. The third-order valence-electron chi connectivity index (χ3n) is 13.7. The van der Waals surface area contributed by atoms with Crippen molar-refractivity contribution in [3.63, 3.8) is 0 Å². The van der Waals surface area contributed by atoms with Crippen LogP contribution in [0.5, 0.6) is 17.2 Å². The van der Waals surface area contributed by atoms with Gasteiger partial charge in [-0.1, -0.05) is 59.8 Å². The number of allylic oxidation sites excluding steroid dienone is 5. The van der Waals surface area contributed by atoms with Crippen molar-refractivity contribution in [3.8, 4) is 17.2 Å². The predicted molar refractivity (Wildman–Crippen MR) is 267 cm³/mol. The summed E-state index contributed by atoms with van der Waals surface area (Å²) in [4.78, 5) is 65.8. The second-order valence-corrected chi connectivity index (χ2v) is 20.1. The number of nitrogens with zero attached hydrogens (tertiary/aromatic N) is 4. The molecule has 390 valence electrons. The summed E-state index contributed by atoms with van der Waals surface area (Å²) in [5.74, 6) is -0.218. The maximum atomic E-state index is 14.8. The standard InChI is InChI=1S/C51H71N7O11.CH4O/c1-27(2)24-57-20-18-51(19-21-57)55-40-37-38-44(63)33(8)47-39(37)48(65)50(9,69-47)67-22-12-15-29(4)46(68-36(61)26-58(53)25-34(52)16-11-17-35(59)60)32(7)43(62)31(6)23-28(3)13-10-14-30(5)49(66)54-42(45(38)64)41(40)56-51;1-2/h10,12-14,22,25,27-29,31-32,43,46,62-64H,11,15-21,23-24,26,52-53H2,1-9H3,(H,54,66)(H,59,60);2H,1H3/b13-10+,22-12+,30-14-,34-25-;/t28-,29+,31+,32+,43?,46?,50?;/m0./s1. The van der Waals surface area contributed by atoms with Gasteiger partial charge in [0.1, 0.15) is 35.2 Å². The number of carbonyl (C=O) groups excluding carboxylic acids is 3. The van der Waals surface area contributed by atoms with E-state index in [1.807, 2.05) is 33.8 Å². The molecule has 19 heteroatoms. The van der Waals surface area contributed by atoms with Gasteiger partial charge in [0.25, 0.3) is 11.7 Å². The van der Waals surface area contributed by atoms with Crippen molar-refractivity contribution in [1.82, 2.24) is 9.91 Å². The second kappa shape index (κ2) is 23.5. The van der Waals surface area contributed by atoms with Crippen LogP contribution in [0.25, 0.3) is 10.8 Å². The van der Waals surface area contributed by atoms with E-state index in [-0.39, 0.29) is 87.4 Å². The van der Waals surface area contributed by atoms with Crippen LogP contribution < -0.4 is 32.3 Å². The summed E-state index contributed by atoms with van der Waals surface area (Å²) in [6, 6.07) is 0. The lowest BCUT2D eigenvalue weighted by atomic mass is 9.80. The number of phenolic OH excluding ortho intramolecular Hbond substituents is 2. The monoisotopic (exact) mass is 990 g/mol. The first kappa shape index (κ1) is 55.9. The lowest BCUT2D eigenvalue weighted by Gasteiger charge is -2.36. The van der Waals surface area contributed by atoms with Crippen LogP contribution in [0, 0.1) is 36.5 Å². The van der Waals surface area contributed by atoms with Crippen LogP contribution in [0.2, 0.25) is 0 Å². The summed E-state index contributed by atoms with van der Waals surface area (Å²) in [5, 5.41) is 56.2. The normalized spacial score (nSPS) is 27.5. The number of nitrogens with two attached hydrogens (primary N) is 2. The number of piperidine rings is 1. The number of carbonyl (C=O) groups is 4. The van der Waals surface area contributed by atoms with Crippen LogP contribution in [0.1, 0.15) is 116 Å². The van der Waals surface area contributed by atoms with Gasteiger partial charge in [-0.25, -0.2) is 5.84 Å². The Balaban J connectivity index is 0.00000463. The number of ether oxygens (including phenoxy) is 3. The Labute approximate surface area is 415 Å². The number of rotatable bonds is 10. The van der Waals surface area contributed by atoms with Gasteiger partial charge in [0.2, 0.25) is 0 Å². The first-order chi connectivity index (χ1) is 33.5. The van der Waals surface area contributed by atoms with E-state index in [2.05, 4.69) is 24.1 Å². The fraction of sp³-hybridized carbons (Fsp3) is 0.577. The highest BCUT2D eigenvalue weighted by Crippen LogP contribution is 2.50. The minimum absolute atomic E-state index is 0.0304. The molecule has 2 aromatic carbocycles. The van der Waals surface area contributed by atoms with Crippen LogP contribution in [-0.2, 0) is 23.9 Å². The van der Waals surface area contributed by atoms with Crippen molar-refractivity contribution >= 4 is 40.1 Å². The molecule has 1 spiro atoms. The minimum atomic E-state index is -1.93. The molecule has 7 rings (SSSR count). The number of fused-ring (bicyclic) bond motifs is 13. The molecule has 7 atom stereocenters. The number of amides is 1. The Bertz CT molecular complexity index is 2580. The number of Topliss-reactive ketones (excluding diaryl/α,β-unsaturated/α-hetero) is 1. The Morgan fingerprint density at radius 1 is 1.03 bits per heavy atom. The van der Waals surface area contributed by atoms with Gasteiger partial charge in [-0.15, -0.1) is 0 Å². The van der Waals surface area contributed by atoms with E-state index in [9.17, 15) is 34.5 Å². The Hall–Kier alpha value is -6.02. The lowest BCUT2D eigenvalue weighted by molar-refractivity contribution is -0.159. The van der Waals surface area contributed by atoms with Crippen LogP contribution in [0.15, 0.2) is 58.0 Å². The van der Waals surface area contributed by atoms with Crippen molar-refractivity contribution < 1.29 is 58.9 Å². The van der Waals surface area contributed by atoms with Gasteiger partial charge < -0.3 is 60.7 Å². The number of aromatic hydroxyl groups is 2. The summed E-state index contributed by atoms with van der Waals surface area (Å²) in [7, 11) is 1.00. The van der Waals surface area contributed by atoms with Crippen LogP contribution in [-0.4, -0.2) is 116 Å². The number of hydrogen-bond donors (Lipinski definition) is 8.